The summed E-state index contributed by atoms with van der Waals surface area (Å²) < 4.78 is 19.1. The minimum atomic E-state index is -0.565. The van der Waals surface area contributed by atoms with E-state index < -0.39 is 11.0 Å². The summed E-state index contributed by atoms with van der Waals surface area (Å²) in [4.78, 5) is 29.3. The van der Waals surface area contributed by atoms with Crippen LogP contribution in [0.2, 0.25) is 0 Å². The van der Waals surface area contributed by atoms with E-state index in [-0.39, 0.29) is 30.6 Å². The molecule has 1 saturated heterocycles. The summed E-state index contributed by atoms with van der Waals surface area (Å²) in [6.07, 6.45) is 1.50. The molecule has 8 heteroatoms. The van der Waals surface area contributed by atoms with Crippen molar-refractivity contribution in [2.45, 2.75) is 51.7 Å². The number of benzene rings is 2. The van der Waals surface area contributed by atoms with Crippen molar-refractivity contribution in [1.29, 1.82) is 0 Å². The van der Waals surface area contributed by atoms with Crippen LogP contribution in [0.15, 0.2) is 48.5 Å². The molecule has 0 unspecified atom stereocenters. The standard InChI is InChI=1S/C28H36FN3O4/c1-27(2,3)36-26(35)31-16-13-28(19-33,14-17-31)18-30-25(34)32-15-12-20-6-4-5-7-23(20)24(32)21-8-10-22(29)11-9-21/h4-11,24,33H,12-19H2,1-3H3,(H,30,34)/t24-/m0/s1. The van der Waals surface area contributed by atoms with Crippen molar-refractivity contribution >= 4 is 12.1 Å². The van der Waals surface area contributed by atoms with Crippen molar-refractivity contribution in [2.75, 3.05) is 32.8 Å². The molecule has 2 aromatic rings. The first-order valence-corrected chi connectivity index (χ1v) is 12.6. The average molecular weight is 498 g/mol. The summed E-state index contributed by atoms with van der Waals surface area (Å²) in [6, 6.07) is 13.8. The monoisotopic (exact) mass is 497 g/mol. The molecular formula is C28H36FN3O4. The minimum Gasteiger partial charge on any atom is -0.444 e. The molecule has 0 bridgehead atoms. The second kappa shape index (κ2) is 10.5. The van der Waals surface area contributed by atoms with Crippen molar-refractivity contribution < 1.29 is 23.8 Å². The van der Waals surface area contributed by atoms with Gasteiger partial charge in [0.15, 0.2) is 0 Å². The first-order chi connectivity index (χ1) is 17.1. The number of carbonyl (C=O) groups is 2. The molecule has 2 heterocycles. The third-order valence-electron chi connectivity index (χ3n) is 7.16. The lowest BCUT2D eigenvalue weighted by Gasteiger charge is -2.42. The lowest BCUT2D eigenvalue weighted by Crippen LogP contribution is -2.53. The first kappa shape index (κ1) is 25.9. The van der Waals surface area contributed by atoms with Gasteiger partial charge in [-0.1, -0.05) is 36.4 Å². The fraction of sp³-hybridized carbons (Fsp3) is 0.500. The number of hydrogen-bond donors (Lipinski definition) is 2. The SMILES string of the molecule is CC(C)(C)OC(=O)N1CCC(CO)(CNC(=O)N2CCc3ccccc3[C@@H]2c2ccc(F)cc2)CC1. The van der Waals surface area contributed by atoms with Crippen molar-refractivity contribution in [1.82, 2.24) is 15.1 Å². The van der Waals surface area contributed by atoms with Gasteiger partial charge in [0.25, 0.3) is 0 Å². The maximum absolute atomic E-state index is 13.6. The van der Waals surface area contributed by atoms with Gasteiger partial charge in [0, 0.05) is 31.6 Å². The fourth-order valence-corrected chi connectivity index (χ4v) is 5.04. The number of amides is 3. The van der Waals surface area contributed by atoms with Crippen molar-refractivity contribution in [2.24, 2.45) is 5.41 Å². The number of hydrogen-bond acceptors (Lipinski definition) is 4. The summed E-state index contributed by atoms with van der Waals surface area (Å²) in [5.41, 5.74) is 1.99. The van der Waals surface area contributed by atoms with Crippen LogP contribution < -0.4 is 5.32 Å². The highest BCUT2D eigenvalue weighted by Gasteiger charge is 2.38. The molecule has 2 aliphatic heterocycles. The number of carbonyl (C=O) groups excluding carboxylic acids is 2. The van der Waals surface area contributed by atoms with Crippen LogP contribution in [0.3, 0.4) is 0 Å². The molecule has 0 radical (unpaired) electrons. The van der Waals surface area contributed by atoms with E-state index in [0.717, 1.165) is 17.5 Å². The Morgan fingerprint density at radius 1 is 1.08 bits per heavy atom. The van der Waals surface area contributed by atoms with Crippen LogP contribution in [0.1, 0.15) is 56.3 Å². The van der Waals surface area contributed by atoms with Crippen molar-refractivity contribution in [3.05, 3.63) is 71.0 Å². The zero-order chi connectivity index (χ0) is 25.9. The van der Waals surface area contributed by atoms with Gasteiger partial charge in [-0.25, -0.2) is 14.0 Å². The highest BCUT2D eigenvalue weighted by molar-refractivity contribution is 5.76. The highest BCUT2D eigenvalue weighted by Crippen LogP contribution is 2.36. The molecule has 0 aliphatic carbocycles. The molecule has 36 heavy (non-hydrogen) atoms. The summed E-state index contributed by atoms with van der Waals surface area (Å²) in [6.45, 7) is 7.17. The van der Waals surface area contributed by atoms with E-state index in [1.807, 2.05) is 39.0 Å². The van der Waals surface area contributed by atoms with Crippen LogP contribution in [0, 0.1) is 11.2 Å². The largest absolute Gasteiger partial charge is 0.444 e. The van der Waals surface area contributed by atoms with Crippen molar-refractivity contribution in [3.8, 4) is 0 Å². The average Bonchev–Trinajstić information content (AvgIpc) is 2.86. The zero-order valence-corrected chi connectivity index (χ0v) is 21.3. The number of urea groups is 1. The van der Waals surface area contributed by atoms with E-state index in [2.05, 4.69) is 11.4 Å². The normalized spacial score (nSPS) is 19.4. The van der Waals surface area contributed by atoms with Gasteiger partial charge in [-0.3, -0.25) is 0 Å². The number of halogens is 1. The van der Waals surface area contributed by atoms with E-state index in [9.17, 15) is 19.1 Å². The van der Waals surface area contributed by atoms with Gasteiger partial charge < -0.3 is 25.0 Å². The van der Waals surface area contributed by atoms with Gasteiger partial charge in [0.05, 0.1) is 12.6 Å². The Morgan fingerprint density at radius 2 is 1.75 bits per heavy atom. The van der Waals surface area contributed by atoms with Gasteiger partial charge in [-0.15, -0.1) is 0 Å². The fourth-order valence-electron chi connectivity index (χ4n) is 5.04. The number of ether oxygens (including phenoxy) is 1. The number of piperidine rings is 1. The van der Waals surface area contributed by atoms with Gasteiger partial charge >= 0.3 is 12.1 Å². The van der Waals surface area contributed by atoms with Crippen LogP contribution >= 0.6 is 0 Å². The Balaban J connectivity index is 1.44. The van der Waals surface area contributed by atoms with Crippen LogP contribution in [-0.2, 0) is 11.2 Å². The maximum atomic E-state index is 13.6. The molecular weight excluding hydrogens is 461 g/mol. The number of likely N-dealkylation sites (tertiary alicyclic amines) is 1. The van der Waals surface area contributed by atoms with Crippen LogP contribution in [-0.4, -0.2) is 65.4 Å². The second-order valence-electron chi connectivity index (χ2n) is 10.9. The number of aliphatic hydroxyl groups excluding tert-OH is 1. The number of fused-ring (bicyclic) bond motifs is 1. The quantitative estimate of drug-likeness (QED) is 0.652. The third-order valence-corrected chi connectivity index (χ3v) is 7.16. The Bertz CT molecular complexity index is 1070. The molecule has 0 saturated carbocycles. The predicted octanol–water partition coefficient (Wildman–Crippen LogP) is 4.49. The van der Waals surface area contributed by atoms with E-state index in [1.165, 1.54) is 17.7 Å². The smallest absolute Gasteiger partial charge is 0.410 e. The molecule has 1 atom stereocenters. The molecule has 2 aliphatic rings. The van der Waals surface area contributed by atoms with Gasteiger partial charge in [-0.05, 0) is 68.9 Å². The topological polar surface area (TPSA) is 82.1 Å². The number of aliphatic hydroxyl groups is 1. The Labute approximate surface area is 212 Å². The lowest BCUT2D eigenvalue weighted by molar-refractivity contribution is 0.000132. The van der Waals surface area contributed by atoms with E-state index >= 15 is 0 Å². The van der Waals surface area contributed by atoms with Gasteiger partial charge in [-0.2, -0.15) is 0 Å². The van der Waals surface area contributed by atoms with Gasteiger partial charge in [0.1, 0.15) is 11.4 Å². The molecule has 194 valence electrons. The second-order valence-corrected chi connectivity index (χ2v) is 10.9. The molecule has 7 nitrogen and oxygen atoms in total. The molecule has 0 spiro atoms. The third kappa shape index (κ3) is 5.81. The van der Waals surface area contributed by atoms with E-state index in [1.54, 1.807) is 21.9 Å². The lowest BCUT2D eigenvalue weighted by atomic mass is 9.79. The molecule has 3 amide bonds. The zero-order valence-electron chi connectivity index (χ0n) is 21.3. The maximum Gasteiger partial charge on any atom is 0.410 e. The summed E-state index contributed by atoms with van der Waals surface area (Å²) in [5, 5.41) is 13.3. The molecule has 0 aromatic heterocycles. The summed E-state index contributed by atoms with van der Waals surface area (Å²) in [7, 11) is 0. The summed E-state index contributed by atoms with van der Waals surface area (Å²) in [5.74, 6) is -0.318. The summed E-state index contributed by atoms with van der Waals surface area (Å²) >= 11 is 0. The predicted molar refractivity (Wildman–Crippen MR) is 135 cm³/mol. The number of nitrogens with one attached hydrogen (secondary N) is 1. The highest BCUT2D eigenvalue weighted by atomic mass is 19.1. The van der Waals surface area contributed by atoms with Crippen molar-refractivity contribution in [3.63, 3.8) is 0 Å². The minimum absolute atomic E-state index is 0.0837. The van der Waals surface area contributed by atoms with Gasteiger partial charge in [0.2, 0.25) is 0 Å². The number of rotatable bonds is 4. The Hall–Kier alpha value is -3.13. The van der Waals surface area contributed by atoms with Crippen LogP contribution in [0.4, 0.5) is 14.0 Å². The molecule has 2 N–H and O–H groups in total. The van der Waals surface area contributed by atoms with Crippen LogP contribution in [0.25, 0.3) is 0 Å². The molecule has 4 rings (SSSR count). The molecule has 1 fully saturated rings. The van der Waals surface area contributed by atoms with Crippen LogP contribution in [0.5, 0.6) is 0 Å². The Kier molecular flexibility index (Phi) is 7.54. The number of nitrogens with zero attached hydrogens (tertiary/aromatic N) is 2. The Morgan fingerprint density at radius 3 is 2.39 bits per heavy atom. The van der Waals surface area contributed by atoms with E-state index in [4.69, 9.17) is 4.74 Å². The molecule has 2 aromatic carbocycles. The first-order valence-electron chi connectivity index (χ1n) is 12.6. The van der Waals surface area contributed by atoms with E-state index in [0.29, 0.717) is 39.0 Å².